The van der Waals surface area contributed by atoms with Gasteiger partial charge in [0, 0.05) is 48.7 Å². The number of para-hydroxylation sites is 1. The Kier molecular flexibility index (Phi) is 8.98. The second-order valence-electron chi connectivity index (χ2n) is 13.5. The molecule has 3 aliphatic heterocycles. The number of hydrogen-bond acceptors (Lipinski definition) is 8. The van der Waals surface area contributed by atoms with Crippen molar-refractivity contribution in [2.45, 2.75) is 26.2 Å². The molecule has 2 N–H and O–H groups in total. The van der Waals surface area contributed by atoms with Gasteiger partial charge in [-0.15, -0.1) is 11.3 Å². The third kappa shape index (κ3) is 6.42. The lowest BCUT2D eigenvalue weighted by molar-refractivity contribution is -0.124. The molecular formula is C39H34ClFN6O4S. The number of amides is 3. The number of rotatable bonds is 6. The summed E-state index contributed by atoms with van der Waals surface area (Å²) in [5.41, 5.74) is 4.64. The van der Waals surface area contributed by atoms with Crippen LogP contribution < -0.4 is 20.4 Å². The molecule has 1 spiro atoms. The molecule has 0 aliphatic carbocycles. The lowest BCUT2D eigenvalue weighted by atomic mass is 9.77. The second-order valence-corrected chi connectivity index (χ2v) is 14.9. The number of hydrogen-bond donors (Lipinski definition) is 2. The zero-order chi connectivity index (χ0) is 36.0. The first-order chi connectivity index (χ1) is 25.2. The van der Waals surface area contributed by atoms with Gasteiger partial charge < -0.3 is 25.2 Å². The first kappa shape index (κ1) is 33.9. The van der Waals surface area contributed by atoms with Crippen LogP contribution in [0, 0.1) is 18.2 Å². The van der Waals surface area contributed by atoms with E-state index < -0.39 is 11.7 Å². The highest BCUT2D eigenvalue weighted by Crippen LogP contribution is 2.42. The third-order valence-corrected chi connectivity index (χ3v) is 11.5. The van der Waals surface area contributed by atoms with E-state index in [-0.39, 0.29) is 27.9 Å². The summed E-state index contributed by atoms with van der Waals surface area (Å²) >= 11 is 7.36. The number of fused-ring (bicyclic) bond motifs is 3. The van der Waals surface area contributed by atoms with Crippen molar-refractivity contribution in [1.82, 2.24) is 9.97 Å². The highest BCUT2D eigenvalue weighted by Gasteiger charge is 2.42. The summed E-state index contributed by atoms with van der Waals surface area (Å²) in [5, 5.41) is 5.69. The minimum atomic E-state index is -0.626. The molecule has 0 unspecified atom stereocenters. The maximum absolute atomic E-state index is 14.4. The van der Waals surface area contributed by atoms with Crippen molar-refractivity contribution in [1.29, 1.82) is 0 Å². The fraction of sp³-hybridized carbons (Fsp3) is 0.256. The molecule has 0 radical (unpaired) electrons. The fourth-order valence-corrected chi connectivity index (χ4v) is 8.30. The minimum absolute atomic E-state index is 0.0779. The van der Waals surface area contributed by atoms with Crippen molar-refractivity contribution in [2.24, 2.45) is 5.41 Å². The van der Waals surface area contributed by atoms with Gasteiger partial charge in [0.2, 0.25) is 0 Å². The molecule has 0 atom stereocenters. The van der Waals surface area contributed by atoms with E-state index in [0.717, 1.165) is 55.1 Å². The lowest BCUT2D eigenvalue weighted by Crippen LogP contribution is -2.51. The lowest BCUT2D eigenvalue weighted by Gasteiger charge is -2.47. The van der Waals surface area contributed by atoms with E-state index in [2.05, 4.69) is 25.5 Å². The Hall–Kier alpha value is -5.17. The summed E-state index contributed by atoms with van der Waals surface area (Å²) in [4.78, 5) is 55.0. The van der Waals surface area contributed by atoms with Crippen LogP contribution in [0.4, 0.5) is 27.3 Å². The third-order valence-electron chi connectivity index (χ3n) is 9.95. The summed E-state index contributed by atoms with van der Waals surface area (Å²) in [5.74, 6) is -0.921. The molecule has 10 nitrogen and oxygen atoms in total. The van der Waals surface area contributed by atoms with Gasteiger partial charge in [0.15, 0.2) is 0 Å². The number of aryl methyl sites for hydroxylation is 1. The van der Waals surface area contributed by atoms with Gasteiger partial charge in [0.25, 0.3) is 17.7 Å². The normalized spacial score (nSPS) is 16.0. The molecule has 13 heteroatoms. The van der Waals surface area contributed by atoms with E-state index in [1.54, 1.807) is 53.7 Å². The number of ether oxygens (including phenoxy) is 1. The fourth-order valence-electron chi connectivity index (χ4n) is 6.98. The van der Waals surface area contributed by atoms with E-state index >= 15 is 0 Å². The largest absolute Gasteiger partial charge is 0.380 e. The summed E-state index contributed by atoms with van der Waals surface area (Å²) in [6.07, 6.45) is 5.92. The van der Waals surface area contributed by atoms with E-state index in [4.69, 9.17) is 16.3 Å². The first-order valence-corrected chi connectivity index (χ1v) is 18.2. The number of benzene rings is 2. The van der Waals surface area contributed by atoms with Crippen molar-refractivity contribution in [3.05, 3.63) is 117 Å². The van der Waals surface area contributed by atoms with Crippen molar-refractivity contribution in [2.75, 3.05) is 53.3 Å². The molecule has 6 heterocycles. The molecule has 3 amide bonds. The van der Waals surface area contributed by atoms with Crippen LogP contribution in [-0.2, 0) is 11.2 Å². The number of nitrogens with zero attached hydrogens (tertiary/aromatic N) is 4. The zero-order valence-electron chi connectivity index (χ0n) is 28.2. The van der Waals surface area contributed by atoms with Crippen molar-refractivity contribution < 1.29 is 23.5 Å². The van der Waals surface area contributed by atoms with Gasteiger partial charge in [0.05, 0.1) is 44.9 Å². The molecule has 8 rings (SSSR count). The maximum Gasteiger partial charge on any atom is 0.265 e. The quantitative estimate of drug-likeness (QED) is 0.184. The Morgan fingerprint density at radius 1 is 0.942 bits per heavy atom. The van der Waals surface area contributed by atoms with Crippen LogP contribution in [0.5, 0.6) is 0 Å². The minimum Gasteiger partial charge on any atom is -0.380 e. The standard InChI is InChI=1S/C39H34ClFN6O4S/c1-23-18-27(35(43-20-23)46-16-12-39(13-17-46)21-51-22-39)36(48)44-26-9-7-24(8-10-26)38(50)47-15-11-25-19-31(52-34(25)33-30(47)6-3-14-42-33)37(49)45-32-28(40)4-2-5-29(32)41/h2-10,14,18-20H,11-13,15-17,21-22H2,1H3,(H,44,48)(H,45,49). The summed E-state index contributed by atoms with van der Waals surface area (Å²) in [7, 11) is 0. The Morgan fingerprint density at radius 3 is 2.46 bits per heavy atom. The molecule has 2 saturated heterocycles. The summed E-state index contributed by atoms with van der Waals surface area (Å²) in [6, 6.07) is 18.3. The number of halogens is 2. The van der Waals surface area contributed by atoms with Crippen LogP contribution in [0.25, 0.3) is 10.6 Å². The number of carbonyl (C=O) groups is 3. The molecule has 0 bridgehead atoms. The molecule has 5 aromatic rings. The van der Waals surface area contributed by atoms with Crippen molar-refractivity contribution in [3.63, 3.8) is 0 Å². The molecule has 3 aromatic heterocycles. The monoisotopic (exact) mass is 736 g/mol. The van der Waals surface area contributed by atoms with Gasteiger partial charge in [-0.2, -0.15) is 0 Å². The Balaban J connectivity index is 0.978. The van der Waals surface area contributed by atoms with Gasteiger partial charge in [0.1, 0.15) is 17.3 Å². The highest BCUT2D eigenvalue weighted by molar-refractivity contribution is 7.17. The van der Waals surface area contributed by atoms with Crippen molar-refractivity contribution >= 4 is 63.5 Å². The van der Waals surface area contributed by atoms with E-state index in [1.165, 1.54) is 29.5 Å². The predicted octanol–water partition coefficient (Wildman–Crippen LogP) is 7.63. The van der Waals surface area contributed by atoms with Gasteiger partial charge in [-0.3, -0.25) is 19.4 Å². The van der Waals surface area contributed by atoms with E-state index in [9.17, 15) is 18.8 Å². The number of aromatic nitrogens is 2. The van der Waals surface area contributed by atoms with Crippen LogP contribution in [0.2, 0.25) is 5.02 Å². The van der Waals surface area contributed by atoms with E-state index in [1.807, 2.05) is 19.1 Å². The molecule has 0 saturated carbocycles. The molecular weight excluding hydrogens is 703 g/mol. The van der Waals surface area contributed by atoms with Crippen LogP contribution >= 0.6 is 22.9 Å². The van der Waals surface area contributed by atoms with Crippen LogP contribution in [0.15, 0.2) is 79.1 Å². The topological polar surface area (TPSA) is 117 Å². The smallest absolute Gasteiger partial charge is 0.265 e. The average Bonchev–Trinajstić information content (AvgIpc) is 3.51. The Bertz CT molecular complexity index is 2190. The van der Waals surface area contributed by atoms with Crippen molar-refractivity contribution in [3.8, 4) is 10.6 Å². The number of nitrogens with one attached hydrogen (secondary N) is 2. The zero-order valence-corrected chi connectivity index (χ0v) is 29.8. The number of anilines is 4. The van der Waals surface area contributed by atoms with Gasteiger partial charge >= 0.3 is 0 Å². The van der Waals surface area contributed by atoms with Gasteiger partial charge in [-0.05, 0) is 98.0 Å². The van der Waals surface area contributed by atoms with E-state index in [0.29, 0.717) is 51.9 Å². The number of carbonyl (C=O) groups excluding carboxylic acids is 3. The summed E-state index contributed by atoms with van der Waals surface area (Å²) in [6.45, 7) is 5.51. The highest BCUT2D eigenvalue weighted by atomic mass is 35.5. The van der Waals surface area contributed by atoms with Crippen LogP contribution in [-0.4, -0.2) is 60.5 Å². The molecule has 264 valence electrons. The predicted molar refractivity (Wildman–Crippen MR) is 200 cm³/mol. The molecule has 2 fully saturated rings. The van der Waals surface area contributed by atoms with Crippen LogP contribution in [0.3, 0.4) is 0 Å². The molecule has 2 aromatic carbocycles. The first-order valence-electron chi connectivity index (χ1n) is 17.0. The molecule has 3 aliphatic rings. The average molecular weight is 737 g/mol. The Labute approximate surface area is 308 Å². The number of pyridine rings is 2. The van der Waals surface area contributed by atoms with Crippen LogP contribution in [0.1, 0.15) is 54.4 Å². The number of thiophene rings is 1. The molecule has 52 heavy (non-hydrogen) atoms. The Morgan fingerprint density at radius 2 is 1.73 bits per heavy atom. The summed E-state index contributed by atoms with van der Waals surface area (Å²) < 4.78 is 19.8. The second kappa shape index (κ2) is 13.8. The van der Waals surface area contributed by atoms with Gasteiger partial charge in [-0.25, -0.2) is 9.37 Å². The maximum atomic E-state index is 14.4. The SMILES string of the molecule is Cc1cnc(N2CCC3(CC2)COC3)c(C(=O)Nc2ccc(C(=O)N3CCc4cc(C(=O)Nc5c(F)cccc5Cl)sc4-c4ncccc43)cc2)c1. The van der Waals surface area contributed by atoms with Gasteiger partial charge in [-0.1, -0.05) is 17.7 Å². The number of piperidine rings is 1.